The Balaban J connectivity index is 2.61. The number of para-hydroxylation sites is 2. The lowest BCUT2D eigenvalue weighted by Crippen LogP contribution is -2.14. The highest BCUT2D eigenvalue weighted by Gasteiger charge is 2.18. The summed E-state index contributed by atoms with van der Waals surface area (Å²) in [6, 6.07) is 6.81. The van der Waals surface area contributed by atoms with Crippen LogP contribution in [0.5, 0.6) is 0 Å². The molecule has 0 aliphatic heterocycles. The van der Waals surface area contributed by atoms with E-state index >= 15 is 0 Å². The maximum atomic E-state index is 11.7. The Morgan fingerprint density at radius 1 is 1.39 bits per heavy atom. The molecule has 0 aliphatic carbocycles. The molecule has 96 valence electrons. The summed E-state index contributed by atoms with van der Waals surface area (Å²) in [6.45, 7) is 0. The zero-order chi connectivity index (χ0) is 13.3. The van der Waals surface area contributed by atoms with Crippen LogP contribution < -0.4 is 0 Å². The van der Waals surface area contributed by atoms with Crippen LogP contribution in [0.15, 0.2) is 24.3 Å². The van der Waals surface area contributed by atoms with Gasteiger partial charge in [-0.3, -0.25) is 4.79 Å². The number of carboxylic acid groups (broad SMARTS) is 1. The van der Waals surface area contributed by atoms with Crippen LogP contribution in [0, 0.1) is 0 Å². The molecule has 0 radical (unpaired) electrons. The van der Waals surface area contributed by atoms with E-state index in [0.717, 1.165) is 10.2 Å². The van der Waals surface area contributed by atoms with Crippen molar-refractivity contribution in [3.8, 4) is 0 Å². The van der Waals surface area contributed by atoms with Gasteiger partial charge in [-0.1, -0.05) is 12.1 Å². The molecule has 1 aromatic carbocycles. The Hall–Kier alpha value is -1.89. The van der Waals surface area contributed by atoms with Gasteiger partial charge in [-0.25, -0.2) is 17.4 Å². The van der Waals surface area contributed by atoms with Gasteiger partial charge in [-0.05, 0) is 12.1 Å². The minimum Gasteiger partial charge on any atom is -0.481 e. The fraction of sp³-hybridized carbons (Fsp3) is 0.273. The predicted molar refractivity (Wildman–Crippen MR) is 65.9 cm³/mol. The summed E-state index contributed by atoms with van der Waals surface area (Å²) in [4.78, 5) is 14.7. The van der Waals surface area contributed by atoms with Crippen molar-refractivity contribution in [2.24, 2.45) is 0 Å². The normalized spacial score (nSPS) is 11.8. The average Bonchev–Trinajstić information content (AvgIpc) is 2.63. The third-order valence-electron chi connectivity index (χ3n) is 2.48. The third kappa shape index (κ3) is 2.35. The Morgan fingerprint density at radius 3 is 2.67 bits per heavy atom. The molecule has 0 saturated carbocycles. The molecule has 1 N–H and O–H groups in total. The Bertz CT molecular complexity index is 703. The van der Waals surface area contributed by atoms with Gasteiger partial charge in [0.15, 0.2) is 0 Å². The summed E-state index contributed by atoms with van der Waals surface area (Å²) in [6.07, 6.45) is 1.00. The number of rotatable bonds is 4. The smallest absolute Gasteiger partial charge is 0.303 e. The van der Waals surface area contributed by atoms with Gasteiger partial charge < -0.3 is 5.11 Å². The Kier molecular flexibility index (Phi) is 3.08. The predicted octanol–water partition coefficient (Wildman–Crippen LogP) is 0.861. The molecular formula is C11H12N2O4S. The molecule has 18 heavy (non-hydrogen) atoms. The molecule has 0 amide bonds. The van der Waals surface area contributed by atoms with Crippen molar-refractivity contribution in [3.63, 3.8) is 0 Å². The maximum absolute atomic E-state index is 11.7. The van der Waals surface area contributed by atoms with Crippen LogP contribution in [0.3, 0.4) is 0 Å². The lowest BCUT2D eigenvalue weighted by molar-refractivity contribution is -0.137. The molecule has 0 aliphatic rings. The van der Waals surface area contributed by atoms with E-state index in [1.807, 2.05) is 0 Å². The summed E-state index contributed by atoms with van der Waals surface area (Å²) in [5.74, 6) is -0.733. The fourth-order valence-electron chi connectivity index (χ4n) is 1.80. The summed E-state index contributed by atoms with van der Waals surface area (Å²) in [5, 5.41) is 8.66. The second-order valence-corrected chi connectivity index (χ2v) is 5.77. The van der Waals surface area contributed by atoms with Gasteiger partial charge in [0.1, 0.15) is 5.82 Å². The van der Waals surface area contributed by atoms with Crippen LogP contribution in [0.2, 0.25) is 0 Å². The van der Waals surface area contributed by atoms with E-state index in [-0.39, 0.29) is 18.7 Å². The summed E-state index contributed by atoms with van der Waals surface area (Å²) in [5.41, 5.74) is 1.02. The highest BCUT2D eigenvalue weighted by Crippen LogP contribution is 2.18. The first-order chi connectivity index (χ1) is 8.39. The van der Waals surface area contributed by atoms with Gasteiger partial charge in [-0.2, -0.15) is 0 Å². The number of carboxylic acids is 1. The number of aryl methyl sites for hydroxylation is 1. The van der Waals surface area contributed by atoms with E-state index in [4.69, 9.17) is 5.11 Å². The molecule has 1 aromatic heterocycles. The SMILES string of the molecule is CS(=O)(=O)n1c(CCC(=O)O)nc2ccccc21. The Morgan fingerprint density at radius 2 is 2.06 bits per heavy atom. The van der Waals surface area contributed by atoms with Crippen molar-refractivity contribution >= 4 is 27.0 Å². The molecular weight excluding hydrogens is 256 g/mol. The monoisotopic (exact) mass is 268 g/mol. The van der Waals surface area contributed by atoms with Gasteiger partial charge in [0.25, 0.3) is 0 Å². The van der Waals surface area contributed by atoms with Gasteiger partial charge in [0, 0.05) is 6.42 Å². The van der Waals surface area contributed by atoms with Crippen LogP contribution >= 0.6 is 0 Å². The number of carbonyl (C=O) groups is 1. The molecule has 0 atom stereocenters. The van der Waals surface area contributed by atoms with Crippen LogP contribution in [-0.4, -0.2) is 34.7 Å². The first-order valence-corrected chi connectivity index (χ1v) is 7.13. The standard InChI is InChI=1S/C11H12N2O4S/c1-18(16,17)13-9-5-3-2-4-8(9)12-10(13)6-7-11(14)15/h2-5H,6-7H2,1H3,(H,14,15). The molecule has 0 unspecified atom stereocenters. The zero-order valence-electron chi connectivity index (χ0n) is 9.70. The Labute approximate surface area is 104 Å². The van der Waals surface area contributed by atoms with Crippen molar-refractivity contribution in [3.05, 3.63) is 30.1 Å². The number of nitrogens with zero attached hydrogens (tertiary/aromatic N) is 2. The molecule has 1 heterocycles. The summed E-state index contributed by atoms with van der Waals surface area (Å²) >= 11 is 0. The minimum absolute atomic E-state index is 0.0804. The highest BCUT2D eigenvalue weighted by molar-refractivity contribution is 7.89. The van der Waals surface area contributed by atoms with Crippen molar-refractivity contribution < 1.29 is 18.3 Å². The van der Waals surface area contributed by atoms with E-state index < -0.39 is 16.0 Å². The van der Waals surface area contributed by atoms with Gasteiger partial charge in [-0.15, -0.1) is 0 Å². The zero-order valence-corrected chi connectivity index (χ0v) is 10.5. The van der Waals surface area contributed by atoms with E-state index in [1.165, 1.54) is 0 Å². The molecule has 0 bridgehead atoms. The molecule has 0 saturated heterocycles. The molecule has 2 aromatic rings. The quantitative estimate of drug-likeness (QED) is 0.888. The number of fused-ring (bicyclic) bond motifs is 1. The first-order valence-electron chi connectivity index (χ1n) is 5.28. The lowest BCUT2D eigenvalue weighted by atomic mass is 10.3. The third-order valence-corrected chi connectivity index (χ3v) is 3.55. The van der Waals surface area contributed by atoms with Crippen molar-refractivity contribution in [2.75, 3.05) is 6.26 Å². The molecule has 7 heteroatoms. The summed E-state index contributed by atoms with van der Waals surface area (Å²) in [7, 11) is -3.50. The average molecular weight is 268 g/mol. The van der Waals surface area contributed by atoms with Gasteiger partial charge in [0.2, 0.25) is 10.0 Å². The topological polar surface area (TPSA) is 89.3 Å². The van der Waals surface area contributed by atoms with E-state index in [9.17, 15) is 13.2 Å². The second kappa shape index (κ2) is 4.41. The minimum atomic E-state index is -3.50. The van der Waals surface area contributed by atoms with E-state index in [0.29, 0.717) is 11.0 Å². The van der Waals surface area contributed by atoms with Gasteiger partial charge >= 0.3 is 5.97 Å². The maximum Gasteiger partial charge on any atom is 0.303 e. The van der Waals surface area contributed by atoms with Crippen LogP contribution in [0.25, 0.3) is 11.0 Å². The fourth-order valence-corrected chi connectivity index (χ4v) is 2.83. The largest absolute Gasteiger partial charge is 0.481 e. The van der Waals surface area contributed by atoms with Crippen LogP contribution in [0.1, 0.15) is 12.2 Å². The number of imidazole rings is 1. The number of hydrogen-bond acceptors (Lipinski definition) is 4. The van der Waals surface area contributed by atoms with Gasteiger partial charge in [0.05, 0.1) is 23.7 Å². The number of hydrogen-bond donors (Lipinski definition) is 1. The van der Waals surface area contributed by atoms with E-state index in [1.54, 1.807) is 24.3 Å². The molecule has 0 spiro atoms. The molecule has 6 nitrogen and oxygen atoms in total. The summed E-state index contributed by atoms with van der Waals surface area (Å²) < 4.78 is 24.6. The van der Waals surface area contributed by atoms with Crippen LogP contribution in [-0.2, 0) is 21.2 Å². The van der Waals surface area contributed by atoms with Crippen molar-refractivity contribution in [1.82, 2.24) is 8.96 Å². The second-order valence-electron chi connectivity index (χ2n) is 3.94. The van der Waals surface area contributed by atoms with Crippen molar-refractivity contribution in [1.29, 1.82) is 0 Å². The van der Waals surface area contributed by atoms with E-state index in [2.05, 4.69) is 4.98 Å². The lowest BCUT2D eigenvalue weighted by Gasteiger charge is -2.05. The number of aromatic nitrogens is 2. The van der Waals surface area contributed by atoms with Crippen LogP contribution in [0.4, 0.5) is 0 Å². The highest BCUT2D eigenvalue weighted by atomic mass is 32.2. The molecule has 0 fully saturated rings. The molecule has 2 rings (SSSR count). The number of aliphatic carboxylic acids is 1. The first kappa shape index (κ1) is 12.6. The van der Waals surface area contributed by atoms with Crippen molar-refractivity contribution in [2.45, 2.75) is 12.8 Å². The number of benzene rings is 1.